The molecule has 1 aromatic rings. The lowest BCUT2D eigenvalue weighted by molar-refractivity contribution is 0.620. The van der Waals surface area contributed by atoms with Crippen molar-refractivity contribution in [1.29, 1.82) is 0 Å². The van der Waals surface area contributed by atoms with Gasteiger partial charge < -0.3 is 4.90 Å². The van der Waals surface area contributed by atoms with Gasteiger partial charge in [0.1, 0.15) is 5.82 Å². The minimum Gasteiger partial charge on any atom is -0.369 e. The monoisotopic (exact) mass is 257 g/mol. The number of anilines is 1. The van der Waals surface area contributed by atoms with Crippen molar-refractivity contribution < 1.29 is 4.39 Å². The molecule has 0 aliphatic heterocycles. The Hall–Kier alpha value is -0.570. The van der Waals surface area contributed by atoms with E-state index >= 15 is 0 Å². The summed E-state index contributed by atoms with van der Waals surface area (Å²) in [5, 5.41) is 0.706. The standard InChI is InChI=1S/C11H13BrFN/c1-14(9-5-6-9)11-8(7-12)3-2-4-10(11)13/h2-4,9H,5-7H2,1H3. The van der Waals surface area contributed by atoms with Crippen LogP contribution < -0.4 is 4.90 Å². The van der Waals surface area contributed by atoms with Gasteiger partial charge in [0.15, 0.2) is 0 Å². The molecule has 76 valence electrons. The van der Waals surface area contributed by atoms with E-state index in [9.17, 15) is 4.39 Å². The van der Waals surface area contributed by atoms with E-state index in [0.29, 0.717) is 11.4 Å². The van der Waals surface area contributed by atoms with Crippen molar-refractivity contribution in [2.75, 3.05) is 11.9 Å². The summed E-state index contributed by atoms with van der Waals surface area (Å²) in [7, 11) is 1.97. The van der Waals surface area contributed by atoms with Crippen molar-refractivity contribution in [3.8, 4) is 0 Å². The van der Waals surface area contributed by atoms with E-state index < -0.39 is 0 Å². The molecule has 1 aliphatic carbocycles. The Bertz CT molecular complexity index is 336. The fourth-order valence-corrected chi connectivity index (χ4v) is 2.16. The van der Waals surface area contributed by atoms with E-state index in [1.807, 2.05) is 13.1 Å². The molecule has 2 rings (SSSR count). The average molecular weight is 258 g/mol. The summed E-state index contributed by atoms with van der Waals surface area (Å²) in [5.41, 5.74) is 1.78. The third kappa shape index (κ3) is 1.78. The molecule has 1 nitrogen and oxygen atoms in total. The first-order valence-corrected chi connectivity index (χ1v) is 5.92. The summed E-state index contributed by atoms with van der Waals surface area (Å²) in [6, 6.07) is 5.80. The van der Waals surface area contributed by atoms with Gasteiger partial charge in [0.2, 0.25) is 0 Å². The Morgan fingerprint density at radius 2 is 2.21 bits per heavy atom. The van der Waals surface area contributed by atoms with Crippen LogP contribution in [0.3, 0.4) is 0 Å². The maximum absolute atomic E-state index is 13.6. The first-order chi connectivity index (χ1) is 6.74. The summed E-state index contributed by atoms with van der Waals surface area (Å²) in [6.45, 7) is 0. The van der Waals surface area contributed by atoms with Crippen molar-refractivity contribution >= 4 is 21.6 Å². The lowest BCUT2D eigenvalue weighted by atomic mass is 10.1. The molecule has 0 saturated heterocycles. The van der Waals surface area contributed by atoms with Crippen LogP contribution in [0.2, 0.25) is 0 Å². The number of halogens is 2. The zero-order valence-electron chi connectivity index (χ0n) is 8.13. The highest BCUT2D eigenvalue weighted by atomic mass is 79.9. The second-order valence-corrected chi connectivity index (χ2v) is 4.28. The van der Waals surface area contributed by atoms with Crippen molar-refractivity contribution in [3.05, 3.63) is 29.6 Å². The Morgan fingerprint density at radius 1 is 1.50 bits per heavy atom. The van der Waals surface area contributed by atoms with Crippen LogP contribution in [-0.4, -0.2) is 13.1 Å². The molecule has 0 aromatic heterocycles. The van der Waals surface area contributed by atoms with Crippen LogP contribution in [0.1, 0.15) is 18.4 Å². The molecule has 0 radical (unpaired) electrons. The molecule has 1 saturated carbocycles. The van der Waals surface area contributed by atoms with Gasteiger partial charge >= 0.3 is 0 Å². The highest BCUT2D eigenvalue weighted by Gasteiger charge is 2.28. The van der Waals surface area contributed by atoms with Crippen molar-refractivity contribution in [2.45, 2.75) is 24.2 Å². The van der Waals surface area contributed by atoms with Crippen molar-refractivity contribution in [1.82, 2.24) is 0 Å². The molecule has 0 atom stereocenters. The first-order valence-electron chi connectivity index (χ1n) is 4.80. The first kappa shape index (κ1) is 9.97. The van der Waals surface area contributed by atoms with E-state index in [4.69, 9.17) is 0 Å². The van der Waals surface area contributed by atoms with Crippen LogP contribution in [0.4, 0.5) is 10.1 Å². The average Bonchev–Trinajstić information content (AvgIpc) is 2.99. The molecule has 0 N–H and O–H groups in total. The molecule has 1 fully saturated rings. The minimum absolute atomic E-state index is 0.114. The maximum Gasteiger partial charge on any atom is 0.146 e. The molecule has 1 aromatic carbocycles. The van der Waals surface area contributed by atoms with E-state index in [2.05, 4.69) is 20.8 Å². The molecule has 0 bridgehead atoms. The third-order valence-corrected chi connectivity index (χ3v) is 3.27. The zero-order chi connectivity index (χ0) is 10.1. The Labute approximate surface area is 92.0 Å². The third-order valence-electron chi connectivity index (χ3n) is 2.66. The fourth-order valence-electron chi connectivity index (χ4n) is 1.71. The van der Waals surface area contributed by atoms with Gasteiger partial charge in [0.05, 0.1) is 5.69 Å². The number of alkyl halides is 1. The van der Waals surface area contributed by atoms with E-state index in [-0.39, 0.29) is 5.82 Å². The van der Waals surface area contributed by atoms with Crippen molar-refractivity contribution in [3.63, 3.8) is 0 Å². The number of hydrogen-bond donors (Lipinski definition) is 0. The zero-order valence-corrected chi connectivity index (χ0v) is 9.72. The van der Waals surface area contributed by atoms with Gasteiger partial charge in [-0.15, -0.1) is 0 Å². The van der Waals surface area contributed by atoms with Gasteiger partial charge in [0.25, 0.3) is 0 Å². The predicted octanol–water partition coefficient (Wildman–Crippen LogP) is 3.32. The topological polar surface area (TPSA) is 3.24 Å². The van der Waals surface area contributed by atoms with Crippen LogP contribution in [0.15, 0.2) is 18.2 Å². The molecule has 0 heterocycles. The van der Waals surface area contributed by atoms with Crippen LogP contribution in [0.5, 0.6) is 0 Å². The highest BCUT2D eigenvalue weighted by molar-refractivity contribution is 9.08. The Kier molecular flexibility index (Phi) is 2.77. The minimum atomic E-state index is -0.114. The maximum atomic E-state index is 13.6. The van der Waals surface area contributed by atoms with Crippen LogP contribution in [0.25, 0.3) is 0 Å². The summed E-state index contributed by atoms with van der Waals surface area (Å²) >= 11 is 3.39. The molecule has 3 heteroatoms. The highest BCUT2D eigenvalue weighted by Crippen LogP contribution is 2.34. The molecule has 0 amide bonds. The molecular formula is C11H13BrFN. The lowest BCUT2D eigenvalue weighted by Gasteiger charge is -2.22. The number of rotatable bonds is 3. The fraction of sp³-hybridized carbons (Fsp3) is 0.455. The quantitative estimate of drug-likeness (QED) is 0.752. The van der Waals surface area contributed by atoms with Gasteiger partial charge in [-0.1, -0.05) is 28.1 Å². The molecule has 1 aliphatic rings. The lowest BCUT2D eigenvalue weighted by Crippen LogP contribution is -2.22. The van der Waals surface area contributed by atoms with E-state index in [0.717, 1.165) is 11.3 Å². The number of hydrogen-bond acceptors (Lipinski definition) is 1. The van der Waals surface area contributed by atoms with Gasteiger partial charge in [-0.25, -0.2) is 4.39 Å². The summed E-state index contributed by atoms with van der Waals surface area (Å²) in [5.74, 6) is -0.114. The second kappa shape index (κ2) is 3.89. The van der Waals surface area contributed by atoms with Gasteiger partial charge in [-0.3, -0.25) is 0 Å². The summed E-state index contributed by atoms with van der Waals surface area (Å²) in [4.78, 5) is 2.06. The smallest absolute Gasteiger partial charge is 0.146 e. The van der Waals surface area contributed by atoms with E-state index in [1.165, 1.54) is 18.9 Å². The molecular weight excluding hydrogens is 245 g/mol. The largest absolute Gasteiger partial charge is 0.369 e. The van der Waals surface area contributed by atoms with Crippen LogP contribution >= 0.6 is 15.9 Å². The summed E-state index contributed by atoms with van der Waals surface area (Å²) < 4.78 is 13.6. The van der Waals surface area contributed by atoms with E-state index in [1.54, 1.807) is 6.07 Å². The van der Waals surface area contributed by atoms with Crippen molar-refractivity contribution in [2.24, 2.45) is 0 Å². The SMILES string of the molecule is CN(c1c(F)cccc1CBr)C1CC1. The van der Waals surface area contributed by atoms with Crippen LogP contribution in [-0.2, 0) is 5.33 Å². The van der Waals surface area contributed by atoms with Crippen LogP contribution in [0, 0.1) is 5.82 Å². The number of para-hydroxylation sites is 1. The predicted molar refractivity (Wildman–Crippen MR) is 60.5 cm³/mol. The Morgan fingerprint density at radius 3 is 2.79 bits per heavy atom. The number of benzene rings is 1. The summed E-state index contributed by atoms with van der Waals surface area (Å²) in [6.07, 6.45) is 2.37. The molecule has 14 heavy (non-hydrogen) atoms. The van der Waals surface area contributed by atoms with Gasteiger partial charge in [0, 0.05) is 18.4 Å². The van der Waals surface area contributed by atoms with Gasteiger partial charge in [-0.2, -0.15) is 0 Å². The Balaban J connectivity index is 2.37. The second-order valence-electron chi connectivity index (χ2n) is 3.72. The molecule has 0 spiro atoms. The normalized spacial score (nSPS) is 15.6. The molecule has 0 unspecified atom stereocenters. The van der Waals surface area contributed by atoms with Gasteiger partial charge in [-0.05, 0) is 24.5 Å². The number of nitrogens with zero attached hydrogens (tertiary/aromatic N) is 1.